The van der Waals surface area contributed by atoms with Crippen LogP contribution in [0.3, 0.4) is 0 Å². The van der Waals surface area contributed by atoms with E-state index in [4.69, 9.17) is 18.9 Å². The molecule has 0 bridgehead atoms. The van der Waals surface area contributed by atoms with Crippen molar-refractivity contribution in [2.75, 3.05) is 54.6 Å². The van der Waals surface area contributed by atoms with E-state index in [0.29, 0.717) is 41.7 Å². The molecular weight excluding hydrogens is 448 g/mol. The molecule has 0 N–H and O–H groups in total. The van der Waals surface area contributed by atoms with Crippen LogP contribution in [0.25, 0.3) is 0 Å². The number of rotatable bonds is 7. The molecule has 0 aromatic heterocycles. The molecule has 2 heterocycles. The van der Waals surface area contributed by atoms with Crippen LogP contribution in [0, 0.1) is 5.92 Å². The number of nitrogens with zero attached hydrogens (tertiary/aromatic N) is 2. The number of carbonyl (C=O) groups is 2. The van der Waals surface area contributed by atoms with Crippen LogP contribution < -0.4 is 18.9 Å². The van der Waals surface area contributed by atoms with Crippen LogP contribution in [-0.2, 0) is 4.79 Å². The van der Waals surface area contributed by atoms with Crippen molar-refractivity contribution >= 4 is 11.8 Å². The molecule has 2 aromatic rings. The van der Waals surface area contributed by atoms with E-state index < -0.39 is 0 Å². The van der Waals surface area contributed by atoms with Crippen LogP contribution in [0.2, 0.25) is 0 Å². The van der Waals surface area contributed by atoms with Gasteiger partial charge < -0.3 is 28.7 Å². The third kappa shape index (κ3) is 5.01. The van der Waals surface area contributed by atoms with E-state index in [1.807, 2.05) is 23.1 Å². The highest BCUT2D eigenvalue weighted by molar-refractivity contribution is 5.95. The minimum Gasteiger partial charge on any atom is -0.497 e. The van der Waals surface area contributed by atoms with E-state index >= 15 is 0 Å². The van der Waals surface area contributed by atoms with Gasteiger partial charge in [-0.3, -0.25) is 9.59 Å². The van der Waals surface area contributed by atoms with Gasteiger partial charge in [-0.2, -0.15) is 0 Å². The minimum absolute atomic E-state index is 0.101. The van der Waals surface area contributed by atoms with Crippen LogP contribution in [0.1, 0.15) is 41.1 Å². The molecule has 35 heavy (non-hydrogen) atoms. The predicted molar refractivity (Wildman–Crippen MR) is 132 cm³/mol. The number of piperidine rings is 1. The van der Waals surface area contributed by atoms with E-state index in [0.717, 1.165) is 37.9 Å². The van der Waals surface area contributed by atoms with Gasteiger partial charge in [-0.1, -0.05) is 6.07 Å². The van der Waals surface area contributed by atoms with Crippen molar-refractivity contribution in [3.8, 4) is 23.0 Å². The molecule has 8 heteroatoms. The lowest BCUT2D eigenvalue weighted by Crippen LogP contribution is -2.42. The summed E-state index contributed by atoms with van der Waals surface area (Å²) in [5.41, 5.74) is 1.43. The number of benzene rings is 2. The van der Waals surface area contributed by atoms with Crippen LogP contribution in [-0.4, -0.2) is 76.2 Å². The zero-order valence-electron chi connectivity index (χ0n) is 20.9. The van der Waals surface area contributed by atoms with Crippen molar-refractivity contribution in [3.63, 3.8) is 0 Å². The van der Waals surface area contributed by atoms with Gasteiger partial charge in [0, 0.05) is 37.7 Å². The second-order valence-corrected chi connectivity index (χ2v) is 9.00. The summed E-state index contributed by atoms with van der Waals surface area (Å²) in [4.78, 5) is 30.9. The highest BCUT2D eigenvalue weighted by atomic mass is 16.5. The number of methoxy groups -OCH3 is 4. The molecule has 2 aliphatic rings. The maximum atomic E-state index is 13.7. The topological polar surface area (TPSA) is 77.5 Å². The Morgan fingerprint density at radius 1 is 0.800 bits per heavy atom. The molecule has 2 atom stereocenters. The molecule has 4 rings (SSSR count). The number of likely N-dealkylation sites (tertiary alicyclic amines) is 2. The van der Waals surface area contributed by atoms with Crippen LogP contribution in [0.5, 0.6) is 23.0 Å². The van der Waals surface area contributed by atoms with Gasteiger partial charge >= 0.3 is 0 Å². The Labute approximate surface area is 206 Å². The molecule has 0 saturated carbocycles. The average Bonchev–Trinajstić information content (AvgIpc) is 3.37. The van der Waals surface area contributed by atoms with E-state index in [1.165, 1.54) is 0 Å². The third-order valence-electron chi connectivity index (χ3n) is 7.02. The summed E-state index contributed by atoms with van der Waals surface area (Å²) in [7, 11) is 6.29. The Balaban J connectivity index is 1.69. The van der Waals surface area contributed by atoms with Crippen molar-refractivity contribution in [3.05, 3.63) is 47.5 Å². The van der Waals surface area contributed by atoms with Gasteiger partial charge in [0.05, 0.1) is 34.4 Å². The van der Waals surface area contributed by atoms with Crippen molar-refractivity contribution in [1.29, 1.82) is 0 Å². The molecule has 2 aliphatic heterocycles. The average molecular weight is 483 g/mol. The maximum Gasteiger partial charge on any atom is 0.254 e. The van der Waals surface area contributed by atoms with Gasteiger partial charge in [0.25, 0.3) is 5.91 Å². The third-order valence-corrected chi connectivity index (χ3v) is 7.02. The van der Waals surface area contributed by atoms with Gasteiger partial charge in [0.1, 0.15) is 5.75 Å². The smallest absolute Gasteiger partial charge is 0.254 e. The van der Waals surface area contributed by atoms with Gasteiger partial charge in [0.2, 0.25) is 11.7 Å². The lowest BCUT2D eigenvalue weighted by molar-refractivity contribution is -0.136. The maximum absolute atomic E-state index is 13.7. The number of carbonyl (C=O) groups excluding carboxylic acids is 2. The summed E-state index contributed by atoms with van der Waals surface area (Å²) >= 11 is 0. The normalized spacial score (nSPS) is 19.9. The predicted octanol–water partition coefficient (Wildman–Crippen LogP) is 3.59. The summed E-state index contributed by atoms with van der Waals surface area (Å²) in [6, 6.07) is 10.9. The summed E-state index contributed by atoms with van der Waals surface area (Å²) in [6.07, 6.45) is 3.17. The molecular formula is C27H34N2O6. The van der Waals surface area contributed by atoms with Crippen molar-refractivity contribution in [1.82, 2.24) is 9.80 Å². The number of ether oxygens (including phenoxy) is 4. The van der Waals surface area contributed by atoms with Crippen LogP contribution in [0.15, 0.2) is 36.4 Å². The van der Waals surface area contributed by atoms with Crippen LogP contribution >= 0.6 is 0 Å². The van der Waals surface area contributed by atoms with Gasteiger partial charge in [-0.05, 0) is 55.2 Å². The SMILES string of the molecule is COc1cccc(C(=O)N2C[C@H](C(=O)N3CCCCC3)[C@H](c3cc(OC)c(OC)c(OC)c3)C2)c1. The summed E-state index contributed by atoms with van der Waals surface area (Å²) in [5, 5.41) is 0. The minimum atomic E-state index is -0.356. The first kappa shape index (κ1) is 24.7. The fourth-order valence-corrected chi connectivity index (χ4v) is 5.16. The zero-order chi connectivity index (χ0) is 24.9. The molecule has 0 spiro atoms. The van der Waals surface area contributed by atoms with Crippen LogP contribution in [0.4, 0.5) is 0 Å². The van der Waals surface area contributed by atoms with Crippen molar-refractivity contribution < 1.29 is 28.5 Å². The van der Waals surface area contributed by atoms with Gasteiger partial charge in [-0.15, -0.1) is 0 Å². The highest BCUT2D eigenvalue weighted by Gasteiger charge is 2.43. The monoisotopic (exact) mass is 482 g/mol. The second-order valence-electron chi connectivity index (χ2n) is 9.00. The number of hydrogen-bond acceptors (Lipinski definition) is 6. The Kier molecular flexibility index (Phi) is 7.68. The Morgan fingerprint density at radius 2 is 1.49 bits per heavy atom. The first-order valence-electron chi connectivity index (χ1n) is 12.0. The molecule has 2 aromatic carbocycles. The highest BCUT2D eigenvalue weighted by Crippen LogP contribution is 2.44. The molecule has 2 amide bonds. The Morgan fingerprint density at radius 3 is 2.09 bits per heavy atom. The molecule has 188 valence electrons. The molecule has 2 fully saturated rings. The van der Waals surface area contributed by atoms with E-state index in [-0.39, 0.29) is 23.7 Å². The Bertz CT molecular complexity index is 1040. The molecule has 0 radical (unpaired) electrons. The summed E-state index contributed by atoms with van der Waals surface area (Å²) in [6.45, 7) is 2.30. The summed E-state index contributed by atoms with van der Waals surface area (Å²) in [5.74, 6) is 1.61. The Hall–Kier alpha value is -3.42. The fraction of sp³-hybridized carbons (Fsp3) is 0.481. The van der Waals surface area contributed by atoms with E-state index in [1.54, 1.807) is 51.5 Å². The van der Waals surface area contributed by atoms with Gasteiger partial charge in [0.15, 0.2) is 11.5 Å². The van der Waals surface area contributed by atoms with Crippen molar-refractivity contribution in [2.45, 2.75) is 25.2 Å². The zero-order valence-corrected chi connectivity index (χ0v) is 20.9. The first-order chi connectivity index (χ1) is 17.0. The summed E-state index contributed by atoms with van der Waals surface area (Å²) < 4.78 is 21.9. The quantitative estimate of drug-likeness (QED) is 0.600. The molecule has 8 nitrogen and oxygen atoms in total. The first-order valence-corrected chi connectivity index (χ1v) is 12.0. The standard InChI is InChI=1S/C27H34N2O6/c1-32-20-10-8-9-18(13-20)26(30)29-16-21(22(17-29)27(31)28-11-6-5-7-12-28)19-14-23(33-2)25(35-4)24(15-19)34-3/h8-10,13-15,21-22H,5-7,11-12,16-17H2,1-4H3/t21-,22-/m0/s1. The van der Waals surface area contributed by atoms with E-state index in [9.17, 15) is 9.59 Å². The molecule has 0 aliphatic carbocycles. The molecule has 0 unspecified atom stereocenters. The number of amides is 2. The van der Waals surface area contributed by atoms with Crippen molar-refractivity contribution in [2.24, 2.45) is 5.92 Å². The van der Waals surface area contributed by atoms with E-state index in [2.05, 4.69) is 0 Å². The number of hydrogen-bond donors (Lipinski definition) is 0. The largest absolute Gasteiger partial charge is 0.497 e. The second kappa shape index (κ2) is 10.9. The fourth-order valence-electron chi connectivity index (χ4n) is 5.16. The molecule has 2 saturated heterocycles. The lowest BCUT2D eigenvalue weighted by atomic mass is 9.87. The lowest BCUT2D eigenvalue weighted by Gasteiger charge is -2.31. The van der Waals surface area contributed by atoms with Gasteiger partial charge in [-0.25, -0.2) is 0 Å².